The predicted octanol–water partition coefficient (Wildman–Crippen LogP) is 2.17. The Hall–Kier alpha value is -1.66. The first-order valence-electron chi connectivity index (χ1n) is 7.00. The van der Waals surface area contributed by atoms with Gasteiger partial charge in [-0.2, -0.15) is 5.10 Å². The quantitative estimate of drug-likeness (QED) is 0.831. The van der Waals surface area contributed by atoms with Crippen LogP contribution in [0.1, 0.15) is 29.8 Å². The third-order valence-electron chi connectivity index (χ3n) is 3.53. The van der Waals surface area contributed by atoms with Gasteiger partial charge in [0.2, 0.25) is 10.0 Å². The van der Waals surface area contributed by atoms with Gasteiger partial charge in [-0.25, -0.2) is 13.6 Å². The zero-order valence-electron chi connectivity index (χ0n) is 12.4. The molecule has 21 heavy (non-hydrogen) atoms. The van der Waals surface area contributed by atoms with Crippen molar-refractivity contribution in [2.24, 2.45) is 5.14 Å². The number of aromatic nitrogens is 2. The van der Waals surface area contributed by atoms with E-state index in [4.69, 9.17) is 5.14 Å². The average Bonchev–Trinajstić information content (AvgIpc) is 2.70. The van der Waals surface area contributed by atoms with Gasteiger partial charge >= 0.3 is 0 Å². The standard InChI is InChI=1S/C15H21N3O2S/c1-12-15(21(16,19)20)13(2)18(17-12)11-7-6-10-14-8-4-3-5-9-14/h3-5,8-9H,6-7,10-11H2,1-2H3,(H2,16,19,20). The smallest absolute Gasteiger partial charge is 0.241 e. The molecule has 2 N–H and O–H groups in total. The van der Waals surface area contributed by atoms with Crippen molar-refractivity contribution in [3.05, 3.63) is 47.3 Å². The second-order valence-electron chi connectivity index (χ2n) is 5.21. The highest BCUT2D eigenvalue weighted by molar-refractivity contribution is 7.89. The number of nitrogens with zero attached hydrogens (tertiary/aromatic N) is 2. The first kappa shape index (κ1) is 15.7. The summed E-state index contributed by atoms with van der Waals surface area (Å²) in [5.41, 5.74) is 2.41. The third kappa shape index (κ3) is 3.92. The highest BCUT2D eigenvalue weighted by Gasteiger charge is 2.20. The second kappa shape index (κ2) is 6.41. The van der Waals surface area contributed by atoms with Crippen molar-refractivity contribution < 1.29 is 8.42 Å². The summed E-state index contributed by atoms with van der Waals surface area (Å²) in [6.45, 7) is 4.12. The fourth-order valence-corrected chi connectivity index (χ4v) is 3.52. The molecule has 0 aliphatic heterocycles. The van der Waals surface area contributed by atoms with E-state index in [1.807, 2.05) is 18.2 Å². The molecule has 1 aromatic heterocycles. The van der Waals surface area contributed by atoms with E-state index in [-0.39, 0.29) is 4.90 Å². The molecule has 0 saturated heterocycles. The van der Waals surface area contributed by atoms with Gasteiger partial charge in [0, 0.05) is 6.54 Å². The van der Waals surface area contributed by atoms with Gasteiger partial charge in [-0.15, -0.1) is 0 Å². The summed E-state index contributed by atoms with van der Waals surface area (Å²) in [7, 11) is -3.70. The number of aryl methyl sites for hydroxylation is 3. The number of unbranched alkanes of at least 4 members (excludes halogenated alkanes) is 1. The Balaban J connectivity index is 1.96. The highest BCUT2D eigenvalue weighted by Crippen LogP contribution is 2.18. The fourth-order valence-electron chi connectivity index (χ4n) is 2.55. The lowest BCUT2D eigenvalue weighted by Gasteiger charge is -2.05. The van der Waals surface area contributed by atoms with Crippen LogP contribution in [0.25, 0.3) is 0 Å². The monoisotopic (exact) mass is 307 g/mol. The molecule has 1 heterocycles. The Labute approximate surface area is 125 Å². The summed E-state index contributed by atoms with van der Waals surface area (Å²) >= 11 is 0. The molecule has 0 bridgehead atoms. The SMILES string of the molecule is Cc1nn(CCCCc2ccccc2)c(C)c1S(N)(=O)=O. The lowest BCUT2D eigenvalue weighted by atomic mass is 10.1. The number of primary sulfonamides is 1. The summed E-state index contributed by atoms with van der Waals surface area (Å²) in [4.78, 5) is 0.158. The van der Waals surface area contributed by atoms with Crippen LogP contribution in [0.5, 0.6) is 0 Å². The third-order valence-corrected chi connectivity index (χ3v) is 4.69. The Morgan fingerprint density at radius 3 is 2.38 bits per heavy atom. The molecule has 6 heteroatoms. The average molecular weight is 307 g/mol. The van der Waals surface area contributed by atoms with Crippen molar-refractivity contribution in [2.75, 3.05) is 0 Å². The number of hydrogen-bond acceptors (Lipinski definition) is 3. The Bertz CT molecular complexity index is 706. The van der Waals surface area contributed by atoms with Crippen molar-refractivity contribution in [2.45, 2.75) is 44.6 Å². The molecular weight excluding hydrogens is 286 g/mol. The molecule has 0 atom stereocenters. The van der Waals surface area contributed by atoms with Crippen LogP contribution in [-0.2, 0) is 23.0 Å². The maximum absolute atomic E-state index is 11.5. The Morgan fingerprint density at radius 2 is 1.81 bits per heavy atom. The first-order chi connectivity index (χ1) is 9.89. The summed E-state index contributed by atoms with van der Waals surface area (Å²) in [6, 6.07) is 10.3. The van der Waals surface area contributed by atoms with Gasteiger partial charge in [-0.3, -0.25) is 4.68 Å². The normalized spacial score (nSPS) is 11.8. The first-order valence-corrected chi connectivity index (χ1v) is 8.55. The van der Waals surface area contributed by atoms with Gasteiger partial charge in [0.15, 0.2) is 0 Å². The van der Waals surface area contributed by atoms with Gasteiger partial charge in [-0.1, -0.05) is 30.3 Å². The minimum absolute atomic E-state index is 0.158. The maximum Gasteiger partial charge on any atom is 0.241 e. The number of rotatable bonds is 6. The van der Waals surface area contributed by atoms with Crippen LogP contribution < -0.4 is 5.14 Å². The topological polar surface area (TPSA) is 78.0 Å². The van der Waals surface area contributed by atoms with Crippen molar-refractivity contribution in [3.8, 4) is 0 Å². The number of benzene rings is 1. The molecule has 1 aromatic carbocycles. The van der Waals surface area contributed by atoms with Gasteiger partial charge in [0.05, 0.1) is 11.4 Å². The molecule has 2 rings (SSSR count). The van der Waals surface area contributed by atoms with Crippen molar-refractivity contribution in [1.82, 2.24) is 9.78 Å². The minimum atomic E-state index is -3.70. The molecule has 0 aliphatic carbocycles. The van der Waals surface area contributed by atoms with E-state index in [0.717, 1.165) is 19.3 Å². The van der Waals surface area contributed by atoms with Gasteiger partial charge < -0.3 is 0 Å². The molecule has 0 aliphatic rings. The largest absolute Gasteiger partial charge is 0.268 e. The van der Waals surface area contributed by atoms with Crippen LogP contribution in [0, 0.1) is 13.8 Å². The predicted molar refractivity (Wildman–Crippen MR) is 82.5 cm³/mol. The van der Waals surface area contributed by atoms with E-state index in [2.05, 4.69) is 17.2 Å². The summed E-state index contributed by atoms with van der Waals surface area (Å²) < 4.78 is 24.8. The Kier molecular flexibility index (Phi) is 4.80. The molecule has 5 nitrogen and oxygen atoms in total. The van der Waals surface area contributed by atoms with E-state index in [0.29, 0.717) is 17.9 Å². The van der Waals surface area contributed by atoms with Gasteiger partial charge in [0.25, 0.3) is 0 Å². The summed E-state index contributed by atoms with van der Waals surface area (Å²) in [6.07, 6.45) is 3.00. The van der Waals surface area contributed by atoms with Gasteiger partial charge in [0.1, 0.15) is 4.90 Å². The van der Waals surface area contributed by atoms with Crippen LogP contribution >= 0.6 is 0 Å². The zero-order valence-corrected chi connectivity index (χ0v) is 13.2. The van der Waals surface area contributed by atoms with Crippen LogP contribution in [0.15, 0.2) is 35.2 Å². The van der Waals surface area contributed by atoms with E-state index in [1.165, 1.54) is 5.56 Å². The lowest BCUT2D eigenvalue weighted by Crippen LogP contribution is -2.14. The lowest BCUT2D eigenvalue weighted by molar-refractivity contribution is 0.542. The van der Waals surface area contributed by atoms with E-state index >= 15 is 0 Å². The van der Waals surface area contributed by atoms with E-state index in [1.54, 1.807) is 18.5 Å². The molecule has 0 saturated carbocycles. The highest BCUT2D eigenvalue weighted by atomic mass is 32.2. The van der Waals surface area contributed by atoms with Gasteiger partial charge in [-0.05, 0) is 38.7 Å². The number of hydrogen-bond donors (Lipinski definition) is 1. The fraction of sp³-hybridized carbons (Fsp3) is 0.400. The molecule has 114 valence electrons. The van der Waals surface area contributed by atoms with Crippen LogP contribution in [0.2, 0.25) is 0 Å². The Morgan fingerprint density at radius 1 is 1.14 bits per heavy atom. The van der Waals surface area contributed by atoms with Crippen LogP contribution in [-0.4, -0.2) is 18.2 Å². The summed E-state index contributed by atoms with van der Waals surface area (Å²) in [5.74, 6) is 0. The van der Waals surface area contributed by atoms with Crippen LogP contribution in [0.4, 0.5) is 0 Å². The molecule has 0 unspecified atom stereocenters. The molecule has 2 aromatic rings. The van der Waals surface area contributed by atoms with Crippen molar-refractivity contribution >= 4 is 10.0 Å². The second-order valence-corrected chi connectivity index (χ2v) is 6.71. The number of sulfonamides is 1. The number of nitrogens with two attached hydrogens (primary N) is 1. The van der Waals surface area contributed by atoms with Crippen LogP contribution in [0.3, 0.4) is 0 Å². The molecular formula is C15H21N3O2S. The van der Waals surface area contributed by atoms with E-state index in [9.17, 15) is 8.42 Å². The molecule has 0 spiro atoms. The zero-order chi connectivity index (χ0) is 15.5. The maximum atomic E-state index is 11.5. The molecule has 0 fully saturated rings. The molecule has 0 radical (unpaired) electrons. The van der Waals surface area contributed by atoms with Crippen molar-refractivity contribution in [1.29, 1.82) is 0 Å². The van der Waals surface area contributed by atoms with Crippen molar-refractivity contribution in [3.63, 3.8) is 0 Å². The summed E-state index contributed by atoms with van der Waals surface area (Å²) in [5, 5.41) is 9.50. The molecule has 0 amide bonds. The van der Waals surface area contributed by atoms with E-state index < -0.39 is 10.0 Å². The minimum Gasteiger partial charge on any atom is -0.268 e.